The lowest BCUT2D eigenvalue weighted by Crippen LogP contribution is -2.42. The Bertz CT molecular complexity index is 351. The van der Waals surface area contributed by atoms with Gasteiger partial charge in [0.15, 0.2) is 0 Å². The van der Waals surface area contributed by atoms with Crippen molar-refractivity contribution in [3.05, 3.63) is 22.4 Å². The largest absolute Gasteiger partial charge is 0.314 e. The molecule has 1 fully saturated rings. The van der Waals surface area contributed by atoms with Gasteiger partial charge in [0.1, 0.15) is 0 Å². The van der Waals surface area contributed by atoms with E-state index in [1.807, 2.05) is 18.4 Å². The second kappa shape index (κ2) is 6.11. The number of likely N-dealkylation sites (N-methyl/N-ethyl adjacent to an activating group) is 1. The van der Waals surface area contributed by atoms with Crippen molar-refractivity contribution in [2.45, 2.75) is 51.0 Å². The molecule has 2 rings (SSSR count). The molecule has 1 aromatic heterocycles. The normalized spacial score (nSPS) is 24.9. The van der Waals surface area contributed by atoms with Gasteiger partial charge in [0, 0.05) is 23.8 Å². The Labute approximate surface area is 112 Å². The first-order valence-electron chi connectivity index (χ1n) is 6.74. The molecule has 0 saturated heterocycles. The topological polar surface area (TPSA) is 12.0 Å². The highest BCUT2D eigenvalue weighted by Crippen LogP contribution is 2.38. The Balaban J connectivity index is 2.00. The number of alkyl halides is 2. The third kappa shape index (κ3) is 3.75. The maximum absolute atomic E-state index is 13.5. The minimum absolute atomic E-state index is 0.0516. The number of rotatable bonds is 5. The molecule has 0 aliphatic heterocycles. The molecule has 1 heterocycles. The summed E-state index contributed by atoms with van der Waals surface area (Å²) >= 11 is 1.71. The van der Waals surface area contributed by atoms with Crippen LogP contribution in [0.1, 0.15) is 37.5 Å². The van der Waals surface area contributed by atoms with Gasteiger partial charge < -0.3 is 5.32 Å². The molecule has 4 heteroatoms. The van der Waals surface area contributed by atoms with Crippen LogP contribution in [0.4, 0.5) is 8.78 Å². The summed E-state index contributed by atoms with van der Waals surface area (Å²) in [5.41, 5.74) is 0. The second-order valence-corrected chi connectivity index (χ2v) is 6.19. The van der Waals surface area contributed by atoms with Gasteiger partial charge in [0.05, 0.1) is 0 Å². The Morgan fingerprint density at radius 1 is 1.56 bits per heavy atom. The molecule has 1 aromatic rings. The highest BCUT2D eigenvalue weighted by atomic mass is 32.1. The van der Waals surface area contributed by atoms with Gasteiger partial charge in [-0.2, -0.15) is 0 Å². The fraction of sp³-hybridized carbons (Fsp3) is 0.714. The van der Waals surface area contributed by atoms with Gasteiger partial charge in [-0.1, -0.05) is 13.0 Å². The van der Waals surface area contributed by atoms with E-state index < -0.39 is 5.92 Å². The van der Waals surface area contributed by atoms with Crippen LogP contribution in [-0.2, 0) is 6.42 Å². The third-order valence-corrected chi connectivity index (χ3v) is 4.61. The average Bonchev–Trinajstić information content (AvgIpc) is 2.80. The molecule has 0 aromatic carbocycles. The van der Waals surface area contributed by atoms with Crippen molar-refractivity contribution in [3.8, 4) is 0 Å². The van der Waals surface area contributed by atoms with Crippen LogP contribution < -0.4 is 5.32 Å². The molecule has 1 nitrogen and oxygen atoms in total. The van der Waals surface area contributed by atoms with Gasteiger partial charge in [0.2, 0.25) is 5.92 Å². The average molecular weight is 273 g/mol. The van der Waals surface area contributed by atoms with Crippen molar-refractivity contribution in [1.82, 2.24) is 5.32 Å². The highest BCUT2D eigenvalue weighted by Gasteiger charge is 2.39. The second-order valence-electron chi connectivity index (χ2n) is 5.16. The molecule has 0 bridgehead atoms. The Kier molecular flexibility index (Phi) is 4.73. The van der Waals surface area contributed by atoms with Crippen molar-refractivity contribution in [2.75, 3.05) is 6.54 Å². The molecular formula is C14H21F2NS. The van der Waals surface area contributed by atoms with E-state index in [1.165, 1.54) is 4.88 Å². The van der Waals surface area contributed by atoms with Crippen LogP contribution in [0.3, 0.4) is 0 Å². The van der Waals surface area contributed by atoms with Gasteiger partial charge in [-0.3, -0.25) is 0 Å². The minimum Gasteiger partial charge on any atom is -0.314 e. The van der Waals surface area contributed by atoms with Crippen LogP contribution in [0.25, 0.3) is 0 Å². The van der Waals surface area contributed by atoms with Gasteiger partial charge in [0.25, 0.3) is 0 Å². The lowest BCUT2D eigenvalue weighted by Gasteiger charge is -2.34. The molecule has 18 heavy (non-hydrogen) atoms. The smallest absolute Gasteiger partial charge is 0.248 e. The van der Waals surface area contributed by atoms with E-state index in [0.29, 0.717) is 6.42 Å². The summed E-state index contributed by atoms with van der Waals surface area (Å²) in [7, 11) is 0. The molecule has 1 saturated carbocycles. The summed E-state index contributed by atoms with van der Waals surface area (Å²) < 4.78 is 27.0. The van der Waals surface area contributed by atoms with Crippen LogP contribution in [0.15, 0.2) is 17.5 Å². The lowest BCUT2D eigenvalue weighted by molar-refractivity contribution is -0.0579. The summed E-state index contributed by atoms with van der Waals surface area (Å²) in [5, 5.41) is 5.45. The van der Waals surface area contributed by atoms with Crippen LogP contribution in [0.2, 0.25) is 0 Å². The lowest BCUT2D eigenvalue weighted by atomic mass is 9.80. The van der Waals surface area contributed by atoms with Gasteiger partial charge in [-0.05, 0) is 43.2 Å². The zero-order chi connectivity index (χ0) is 13.0. The molecule has 1 aliphatic rings. The predicted octanol–water partition coefficient (Wildman–Crippen LogP) is 4.09. The van der Waals surface area contributed by atoms with Gasteiger partial charge in [-0.25, -0.2) is 8.78 Å². The van der Waals surface area contributed by atoms with Crippen LogP contribution in [0.5, 0.6) is 0 Å². The van der Waals surface area contributed by atoms with E-state index in [1.54, 1.807) is 11.3 Å². The first kappa shape index (κ1) is 13.9. The van der Waals surface area contributed by atoms with Crippen LogP contribution >= 0.6 is 11.3 Å². The Hall–Kier alpha value is -0.480. The Morgan fingerprint density at radius 2 is 2.39 bits per heavy atom. The fourth-order valence-corrected chi connectivity index (χ4v) is 3.63. The van der Waals surface area contributed by atoms with Crippen molar-refractivity contribution >= 4 is 11.3 Å². The first-order valence-corrected chi connectivity index (χ1v) is 7.62. The number of hydrogen-bond acceptors (Lipinski definition) is 2. The summed E-state index contributed by atoms with van der Waals surface area (Å²) in [5.74, 6) is -2.35. The maximum Gasteiger partial charge on any atom is 0.248 e. The predicted molar refractivity (Wildman–Crippen MR) is 72.4 cm³/mol. The number of thiophene rings is 1. The fourth-order valence-electron chi connectivity index (χ4n) is 2.87. The third-order valence-electron chi connectivity index (χ3n) is 3.71. The van der Waals surface area contributed by atoms with E-state index in [2.05, 4.69) is 11.4 Å². The van der Waals surface area contributed by atoms with Gasteiger partial charge in [-0.15, -0.1) is 11.3 Å². The highest BCUT2D eigenvalue weighted by molar-refractivity contribution is 7.09. The first-order chi connectivity index (χ1) is 8.61. The van der Waals surface area contributed by atoms with E-state index in [-0.39, 0.29) is 24.8 Å². The zero-order valence-electron chi connectivity index (χ0n) is 10.8. The summed E-state index contributed by atoms with van der Waals surface area (Å²) in [4.78, 5) is 1.29. The van der Waals surface area contributed by atoms with Crippen LogP contribution in [0, 0.1) is 5.92 Å². The number of nitrogens with one attached hydrogen (secondary N) is 1. The standard InChI is InChI=1S/C14H21F2NS/c1-2-17-13(9-12-6-4-8-18-12)11-5-3-7-14(15,16)10-11/h4,6,8,11,13,17H,2-3,5,7,9-10H2,1H3. The molecule has 1 aliphatic carbocycles. The molecule has 0 amide bonds. The van der Waals surface area contributed by atoms with E-state index in [4.69, 9.17) is 0 Å². The van der Waals surface area contributed by atoms with E-state index >= 15 is 0 Å². The quantitative estimate of drug-likeness (QED) is 0.852. The molecule has 2 atom stereocenters. The maximum atomic E-state index is 13.5. The van der Waals surface area contributed by atoms with Crippen molar-refractivity contribution in [2.24, 2.45) is 5.92 Å². The Morgan fingerprint density at radius 3 is 3.00 bits per heavy atom. The van der Waals surface area contributed by atoms with E-state index in [0.717, 1.165) is 19.4 Å². The van der Waals surface area contributed by atoms with Crippen LogP contribution in [-0.4, -0.2) is 18.5 Å². The van der Waals surface area contributed by atoms with Gasteiger partial charge >= 0.3 is 0 Å². The number of halogens is 2. The van der Waals surface area contributed by atoms with Crippen molar-refractivity contribution < 1.29 is 8.78 Å². The zero-order valence-corrected chi connectivity index (χ0v) is 11.6. The van der Waals surface area contributed by atoms with Crippen molar-refractivity contribution in [3.63, 3.8) is 0 Å². The molecular weight excluding hydrogens is 252 g/mol. The molecule has 0 radical (unpaired) electrons. The molecule has 1 N–H and O–H groups in total. The van der Waals surface area contributed by atoms with Crippen molar-refractivity contribution in [1.29, 1.82) is 0 Å². The SMILES string of the molecule is CCNC(Cc1cccs1)C1CCCC(F)(F)C1. The summed E-state index contributed by atoms with van der Waals surface area (Å²) in [6.45, 7) is 2.89. The minimum atomic E-state index is -2.45. The molecule has 0 spiro atoms. The number of hydrogen-bond donors (Lipinski definition) is 1. The monoisotopic (exact) mass is 273 g/mol. The molecule has 2 unspecified atom stereocenters. The van der Waals surface area contributed by atoms with E-state index in [9.17, 15) is 8.78 Å². The summed E-state index contributed by atoms with van der Waals surface area (Å²) in [6.07, 6.45) is 2.59. The molecule has 102 valence electrons. The summed E-state index contributed by atoms with van der Waals surface area (Å²) in [6, 6.07) is 4.31.